The van der Waals surface area contributed by atoms with Crippen molar-refractivity contribution < 1.29 is 18.8 Å². The van der Waals surface area contributed by atoms with Gasteiger partial charge in [-0.2, -0.15) is 0 Å². The fourth-order valence-electron chi connectivity index (χ4n) is 2.60. The first kappa shape index (κ1) is 15.2. The van der Waals surface area contributed by atoms with E-state index in [1.54, 1.807) is 6.92 Å². The number of likely N-dealkylation sites (tertiary alicyclic amines) is 1. The first-order chi connectivity index (χ1) is 8.03. The number of carbonyl (C=O) groups is 2. The van der Waals surface area contributed by atoms with E-state index in [2.05, 4.69) is 0 Å². The van der Waals surface area contributed by atoms with Crippen molar-refractivity contribution in [3.63, 3.8) is 0 Å². The predicted octanol–water partition coefficient (Wildman–Crippen LogP) is 1.77. The van der Waals surface area contributed by atoms with E-state index < -0.39 is 5.60 Å². The molecule has 2 atom stereocenters. The molecule has 0 radical (unpaired) electrons. The largest absolute Gasteiger partial charge is 0.456 e. The third-order valence-corrected chi connectivity index (χ3v) is 3.58. The third kappa shape index (κ3) is 3.80. The van der Waals surface area contributed by atoms with Crippen molar-refractivity contribution in [2.24, 2.45) is 5.92 Å². The quantitative estimate of drug-likeness (QED) is 0.558. The Bertz CT molecular complexity index is 341. The van der Waals surface area contributed by atoms with Crippen molar-refractivity contribution in [1.82, 2.24) is 0 Å². The minimum absolute atomic E-state index is 0.0821. The molecule has 0 aliphatic carbocycles. The highest BCUT2D eigenvalue weighted by Gasteiger charge is 2.44. The summed E-state index contributed by atoms with van der Waals surface area (Å²) >= 11 is 0. The van der Waals surface area contributed by atoms with E-state index in [4.69, 9.17) is 4.74 Å². The summed E-state index contributed by atoms with van der Waals surface area (Å²) in [6, 6.07) is -0.153. The van der Waals surface area contributed by atoms with Crippen molar-refractivity contribution in [1.29, 1.82) is 0 Å². The highest BCUT2D eigenvalue weighted by Crippen LogP contribution is 2.28. The number of hydrogen-bond acceptors (Lipinski definition) is 3. The first-order valence-corrected chi connectivity index (χ1v) is 6.59. The summed E-state index contributed by atoms with van der Waals surface area (Å²) in [5.74, 6) is 0.164. The lowest BCUT2D eigenvalue weighted by Crippen LogP contribution is -2.59. The SMILES string of the molecule is CC(=O)C1CCC(C(=O)OC(C)(C)C)[N+](C)(C)C1. The monoisotopic (exact) mass is 256 g/mol. The van der Waals surface area contributed by atoms with Gasteiger partial charge in [-0.15, -0.1) is 0 Å². The molecule has 1 aliphatic heterocycles. The lowest BCUT2D eigenvalue weighted by atomic mass is 9.88. The fraction of sp³-hybridized carbons (Fsp3) is 0.857. The van der Waals surface area contributed by atoms with E-state index in [9.17, 15) is 9.59 Å². The smallest absolute Gasteiger partial charge is 0.365 e. The van der Waals surface area contributed by atoms with E-state index in [1.807, 2.05) is 34.9 Å². The normalized spacial score (nSPS) is 27.7. The van der Waals surface area contributed by atoms with E-state index in [-0.39, 0.29) is 23.7 Å². The molecule has 0 N–H and O–H groups in total. The van der Waals surface area contributed by atoms with E-state index in [1.165, 1.54) is 0 Å². The molecule has 1 saturated heterocycles. The Morgan fingerprint density at radius 3 is 2.11 bits per heavy atom. The predicted molar refractivity (Wildman–Crippen MR) is 70.0 cm³/mol. The van der Waals surface area contributed by atoms with Gasteiger partial charge in [0, 0.05) is 6.42 Å². The maximum atomic E-state index is 12.2. The Balaban J connectivity index is 2.74. The van der Waals surface area contributed by atoms with Crippen LogP contribution < -0.4 is 0 Å². The molecule has 2 unspecified atom stereocenters. The van der Waals surface area contributed by atoms with Crippen LogP contribution in [-0.4, -0.2) is 48.5 Å². The van der Waals surface area contributed by atoms with E-state index >= 15 is 0 Å². The Labute approximate surface area is 110 Å². The van der Waals surface area contributed by atoms with Gasteiger partial charge < -0.3 is 9.22 Å². The number of ether oxygens (including phenoxy) is 1. The number of esters is 1. The van der Waals surface area contributed by atoms with Crippen LogP contribution in [0.2, 0.25) is 0 Å². The Hall–Kier alpha value is -0.900. The highest BCUT2D eigenvalue weighted by molar-refractivity contribution is 5.79. The van der Waals surface area contributed by atoms with Crippen LogP contribution in [0.15, 0.2) is 0 Å². The molecule has 0 aromatic heterocycles. The van der Waals surface area contributed by atoms with Crippen molar-refractivity contribution in [3.05, 3.63) is 0 Å². The van der Waals surface area contributed by atoms with Crippen molar-refractivity contribution in [2.45, 2.75) is 52.2 Å². The lowest BCUT2D eigenvalue weighted by molar-refractivity contribution is -0.914. The number of piperidine rings is 1. The summed E-state index contributed by atoms with van der Waals surface area (Å²) in [5, 5.41) is 0. The topological polar surface area (TPSA) is 43.4 Å². The number of nitrogens with zero attached hydrogens (tertiary/aromatic N) is 1. The maximum absolute atomic E-state index is 12.2. The van der Waals surface area contributed by atoms with Gasteiger partial charge in [-0.05, 0) is 34.1 Å². The van der Waals surface area contributed by atoms with Crippen LogP contribution >= 0.6 is 0 Å². The van der Waals surface area contributed by atoms with Gasteiger partial charge >= 0.3 is 5.97 Å². The summed E-state index contributed by atoms with van der Waals surface area (Å²) in [4.78, 5) is 23.6. The van der Waals surface area contributed by atoms with Crippen LogP contribution in [0.1, 0.15) is 40.5 Å². The highest BCUT2D eigenvalue weighted by atomic mass is 16.6. The van der Waals surface area contributed by atoms with Crippen LogP contribution in [0.25, 0.3) is 0 Å². The van der Waals surface area contributed by atoms with Gasteiger partial charge in [-0.1, -0.05) is 0 Å². The Morgan fingerprint density at radius 2 is 1.72 bits per heavy atom. The van der Waals surface area contributed by atoms with Crippen LogP contribution in [0, 0.1) is 5.92 Å². The number of carbonyl (C=O) groups excluding carboxylic acids is 2. The van der Waals surface area contributed by atoms with Crippen LogP contribution in [0.3, 0.4) is 0 Å². The molecule has 104 valence electrons. The van der Waals surface area contributed by atoms with E-state index in [0.717, 1.165) is 19.4 Å². The van der Waals surface area contributed by atoms with Gasteiger partial charge in [0.2, 0.25) is 0 Å². The van der Waals surface area contributed by atoms with Crippen molar-refractivity contribution in [3.8, 4) is 0 Å². The number of Topliss-reactive ketones (excluding diaryl/α,β-unsaturated/α-hetero) is 1. The summed E-state index contributed by atoms with van der Waals surface area (Å²) in [5.41, 5.74) is -0.450. The molecule has 0 bridgehead atoms. The minimum atomic E-state index is -0.450. The fourth-order valence-corrected chi connectivity index (χ4v) is 2.60. The molecule has 1 rings (SSSR count). The van der Waals surface area contributed by atoms with Gasteiger partial charge in [-0.3, -0.25) is 4.79 Å². The first-order valence-electron chi connectivity index (χ1n) is 6.59. The molecule has 0 saturated carbocycles. The third-order valence-electron chi connectivity index (χ3n) is 3.58. The molecular weight excluding hydrogens is 230 g/mol. The number of likely N-dealkylation sites (N-methyl/N-ethyl adjacent to an activating group) is 1. The van der Waals surface area contributed by atoms with Gasteiger partial charge in [0.25, 0.3) is 0 Å². The summed E-state index contributed by atoms with van der Waals surface area (Å²) in [7, 11) is 4.01. The number of hydrogen-bond donors (Lipinski definition) is 0. The van der Waals surface area contributed by atoms with Crippen LogP contribution in [0.4, 0.5) is 0 Å². The van der Waals surface area contributed by atoms with Gasteiger partial charge in [0.1, 0.15) is 11.4 Å². The van der Waals surface area contributed by atoms with Crippen molar-refractivity contribution >= 4 is 11.8 Å². The van der Waals surface area contributed by atoms with E-state index in [0.29, 0.717) is 4.48 Å². The molecule has 1 heterocycles. The Kier molecular flexibility index (Phi) is 4.21. The second-order valence-corrected chi connectivity index (χ2v) is 6.90. The maximum Gasteiger partial charge on any atom is 0.365 e. The molecule has 0 aromatic rings. The molecule has 18 heavy (non-hydrogen) atoms. The average Bonchev–Trinajstić information content (AvgIpc) is 2.12. The molecule has 1 aliphatic rings. The summed E-state index contributed by atoms with van der Waals surface area (Å²) in [6.45, 7) is 8.00. The molecule has 0 aromatic carbocycles. The summed E-state index contributed by atoms with van der Waals surface area (Å²) < 4.78 is 6.01. The zero-order chi connectivity index (χ0) is 14.1. The minimum Gasteiger partial charge on any atom is -0.456 e. The average molecular weight is 256 g/mol. The van der Waals surface area contributed by atoms with Gasteiger partial charge in [-0.25, -0.2) is 4.79 Å². The zero-order valence-electron chi connectivity index (χ0n) is 12.4. The van der Waals surface area contributed by atoms with Gasteiger partial charge in [0.15, 0.2) is 6.04 Å². The Morgan fingerprint density at radius 1 is 1.17 bits per heavy atom. The second-order valence-electron chi connectivity index (χ2n) is 6.90. The van der Waals surface area contributed by atoms with Crippen LogP contribution in [-0.2, 0) is 14.3 Å². The van der Waals surface area contributed by atoms with Crippen molar-refractivity contribution in [2.75, 3.05) is 20.6 Å². The molecule has 4 nitrogen and oxygen atoms in total. The molecule has 1 fully saturated rings. The summed E-state index contributed by atoms with van der Waals surface area (Å²) in [6.07, 6.45) is 1.52. The molecular formula is C14H26NO3+. The molecule has 0 spiro atoms. The lowest BCUT2D eigenvalue weighted by Gasteiger charge is -2.43. The standard InChI is InChI=1S/C14H26NO3/c1-10(16)11-7-8-12(15(5,6)9-11)13(17)18-14(2,3)4/h11-12H,7-9H2,1-6H3/q+1. The number of ketones is 1. The number of rotatable bonds is 2. The number of quaternary nitrogens is 1. The zero-order valence-corrected chi connectivity index (χ0v) is 12.4. The van der Waals surface area contributed by atoms with Crippen LogP contribution in [0.5, 0.6) is 0 Å². The van der Waals surface area contributed by atoms with Gasteiger partial charge in [0.05, 0.1) is 26.6 Å². The molecule has 0 amide bonds. The second kappa shape index (κ2) is 5.00. The molecule has 4 heteroatoms.